The highest BCUT2D eigenvalue weighted by Gasteiger charge is 2.11. The lowest BCUT2D eigenvalue weighted by molar-refractivity contribution is 0.102. The molecule has 0 unspecified atom stereocenters. The van der Waals surface area contributed by atoms with E-state index in [9.17, 15) is 4.79 Å². The van der Waals surface area contributed by atoms with Gasteiger partial charge in [0.1, 0.15) is 5.82 Å². The Kier molecular flexibility index (Phi) is 2.76. The Bertz CT molecular complexity index is 746. The molecule has 4 heteroatoms. The van der Waals surface area contributed by atoms with Gasteiger partial charge >= 0.3 is 0 Å². The lowest BCUT2D eigenvalue weighted by Gasteiger charge is -2.06. The quantitative estimate of drug-likeness (QED) is 0.735. The molecule has 94 valence electrons. The van der Waals surface area contributed by atoms with Gasteiger partial charge in [-0.15, -0.1) is 0 Å². The Labute approximate surface area is 110 Å². The van der Waals surface area contributed by atoms with E-state index in [-0.39, 0.29) is 5.91 Å². The maximum absolute atomic E-state index is 12.3. The van der Waals surface area contributed by atoms with Gasteiger partial charge in [-0.1, -0.05) is 18.2 Å². The number of H-pyrrole nitrogens is 1. The molecule has 19 heavy (non-hydrogen) atoms. The molecule has 4 nitrogen and oxygen atoms in total. The van der Waals surface area contributed by atoms with Crippen LogP contribution in [0.25, 0.3) is 10.9 Å². The number of anilines is 1. The molecule has 0 aliphatic carbocycles. The first-order valence-corrected chi connectivity index (χ1v) is 6.05. The first-order chi connectivity index (χ1) is 9.24. The molecule has 3 rings (SSSR count). The number of amides is 1. The molecule has 0 saturated heterocycles. The van der Waals surface area contributed by atoms with Gasteiger partial charge in [-0.2, -0.15) is 0 Å². The Hall–Kier alpha value is -2.62. The Morgan fingerprint density at radius 3 is 2.84 bits per heavy atom. The molecular formula is C15H13N3O. The third-order valence-corrected chi connectivity index (χ3v) is 2.96. The number of hydrogen-bond acceptors (Lipinski definition) is 2. The van der Waals surface area contributed by atoms with Crippen molar-refractivity contribution in [1.82, 2.24) is 9.97 Å². The molecule has 0 saturated carbocycles. The number of aryl methyl sites for hydroxylation is 1. The van der Waals surface area contributed by atoms with Gasteiger partial charge in [0.2, 0.25) is 0 Å². The van der Waals surface area contributed by atoms with Gasteiger partial charge in [-0.05, 0) is 31.2 Å². The van der Waals surface area contributed by atoms with Crippen LogP contribution in [-0.2, 0) is 0 Å². The molecule has 2 heterocycles. The number of nitrogens with zero attached hydrogens (tertiary/aromatic N) is 1. The van der Waals surface area contributed by atoms with E-state index >= 15 is 0 Å². The van der Waals surface area contributed by atoms with E-state index in [1.165, 1.54) is 0 Å². The third kappa shape index (κ3) is 2.20. The summed E-state index contributed by atoms with van der Waals surface area (Å²) < 4.78 is 0. The van der Waals surface area contributed by atoms with Crippen LogP contribution in [0.3, 0.4) is 0 Å². The number of benzene rings is 1. The van der Waals surface area contributed by atoms with Crippen molar-refractivity contribution in [3.63, 3.8) is 0 Å². The number of carbonyl (C=O) groups excluding carboxylic acids is 1. The van der Waals surface area contributed by atoms with Crippen molar-refractivity contribution >= 4 is 22.6 Å². The molecule has 0 radical (unpaired) electrons. The number of rotatable bonds is 2. The summed E-state index contributed by atoms with van der Waals surface area (Å²) in [5.41, 5.74) is 2.33. The van der Waals surface area contributed by atoms with E-state index in [1.54, 1.807) is 12.1 Å². The van der Waals surface area contributed by atoms with Crippen LogP contribution in [0.4, 0.5) is 5.82 Å². The number of pyridine rings is 1. The summed E-state index contributed by atoms with van der Waals surface area (Å²) in [6.45, 7) is 1.89. The zero-order valence-electron chi connectivity index (χ0n) is 10.5. The first kappa shape index (κ1) is 11.5. The molecule has 3 aromatic rings. The highest BCUT2D eigenvalue weighted by atomic mass is 16.1. The van der Waals surface area contributed by atoms with Gasteiger partial charge < -0.3 is 10.3 Å². The van der Waals surface area contributed by atoms with Crippen molar-refractivity contribution in [3.8, 4) is 0 Å². The number of nitrogens with one attached hydrogen (secondary N) is 2. The van der Waals surface area contributed by atoms with Crippen molar-refractivity contribution in [1.29, 1.82) is 0 Å². The average Bonchev–Trinajstić information content (AvgIpc) is 2.86. The molecule has 1 amide bonds. The minimum atomic E-state index is -0.161. The van der Waals surface area contributed by atoms with Crippen molar-refractivity contribution in [2.75, 3.05) is 5.32 Å². The normalized spacial score (nSPS) is 10.6. The second-order valence-corrected chi connectivity index (χ2v) is 4.37. The molecule has 2 N–H and O–H groups in total. The first-order valence-electron chi connectivity index (χ1n) is 6.05. The Morgan fingerprint density at radius 1 is 1.16 bits per heavy atom. The summed E-state index contributed by atoms with van der Waals surface area (Å²) in [4.78, 5) is 19.6. The summed E-state index contributed by atoms with van der Waals surface area (Å²) in [6, 6.07) is 13.1. The summed E-state index contributed by atoms with van der Waals surface area (Å²) >= 11 is 0. The molecule has 0 aliphatic heterocycles. The molecule has 0 atom stereocenters. The summed E-state index contributed by atoms with van der Waals surface area (Å²) in [6.07, 6.45) is 1.83. The van der Waals surface area contributed by atoms with E-state index in [4.69, 9.17) is 0 Å². The summed E-state index contributed by atoms with van der Waals surface area (Å²) in [5.74, 6) is 0.403. The molecule has 1 aromatic carbocycles. The minimum absolute atomic E-state index is 0.161. The fourth-order valence-electron chi connectivity index (χ4n) is 2.07. The van der Waals surface area contributed by atoms with Crippen LogP contribution >= 0.6 is 0 Å². The largest absolute Gasteiger partial charge is 0.361 e. The number of aromatic amines is 1. The predicted octanol–water partition coefficient (Wildman–Crippen LogP) is 3.12. The van der Waals surface area contributed by atoms with E-state index in [1.807, 2.05) is 43.5 Å². The molecule has 0 bridgehead atoms. The van der Waals surface area contributed by atoms with Gasteiger partial charge in [0, 0.05) is 17.3 Å². The van der Waals surface area contributed by atoms with Crippen LogP contribution in [0.5, 0.6) is 0 Å². The Balaban J connectivity index is 1.94. The second-order valence-electron chi connectivity index (χ2n) is 4.37. The SMILES string of the molecule is Cc1cccc(NC(=O)c2cccc3cc[nH]c23)n1. The average molecular weight is 251 g/mol. The van der Waals surface area contributed by atoms with Crippen molar-refractivity contribution in [2.24, 2.45) is 0 Å². The van der Waals surface area contributed by atoms with Crippen LogP contribution in [-0.4, -0.2) is 15.9 Å². The molecular weight excluding hydrogens is 238 g/mol. The monoisotopic (exact) mass is 251 g/mol. The summed E-state index contributed by atoms with van der Waals surface area (Å²) in [5, 5.41) is 3.83. The van der Waals surface area contributed by atoms with Gasteiger partial charge in [0.05, 0.1) is 11.1 Å². The van der Waals surface area contributed by atoms with E-state index in [0.29, 0.717) is 11.4 Å². The molecule has 0 fully saturated rings. The Morgan fingerprint density at radius 2 is 2.00 bits per heavy atom. The molecule has 0 aliphatic rings. The lowest BCUT2D eigenvalue weighted by Crippen LogP contribution is -2.13. The molecule has 2 aromatic heterocycles. The summed E-state index contributed by atoms with van der Waals surface area (Å²) in [7, 11) is 0. The maximum Gasteiger partial charge on any atom is 0.258 e. The van der Waals surface area contributed by atoms with E-state index in [2.05, 4.69) is 15.3 Å². The van der Waals surface area contributed by atoms with Gasteiger partial charge in [-0.25, -0.2) is 4.98 Å². The van der Waals surface area contributed by atoms with Gasteiger partial charge in [-0.3, -0.25) is 4.79 Å². The number of carbonyl (C=O) groups is 1. The lowest BCUT2D eigenvalue weighted by atomic mass is 10.1. The number of hydrogen-bond donors (Lipinski definition) is 2. The topological polar surface area (TPSA) is 57.8 Å². The fraction of sp³-hybridized carbons (Fsp3) is 0.0667. The van der Waals surface area contributed by atoms with Crippen LogP contribution in [0.1, 0.15) is 16.1 Å². The predicted molar refractivity (Wildman–Crippen MR) is 75.2 cm³/mol. The van der Waals surface area contributed by atoms with Gasteiger partial charge in [0.15, 0.2) is 0 Å². The van der Waals surface area contributed by atoms with Crippen molar-refractivity contribution in [2.45, 2.75) is 6.92 Å². The van der Waals surface area contributed by atoms with Crippen LogP contribution in [0.2, 0.25) is 0 Å². The third-order valence-electron chi connectivity index (χ3n) is 2.96. The second kappa shape index (κ2) is 4.57. The number of fused-ring (bicyclic) bond motifs is 1. The smallest absolute Gasteiger partial charge is 0.258 e. The minimum Gasteiger partial charge on any atom is -0.361 e. The zero-order chi connectivity index (χ0) is 13.2. The van der Waals surface area contributed by atoms with E-state index in [0.717, 1.165) is 16.6 Å². The highest BCUT2D eigenvalue weighted by Crippen LogP contribution is 2.18. The maximum atomic E-state index is 12.3. The number of aromatic nitrogens is 2. The van der Waals surface area contributed by atoms with Crippen molar-refractivity contribution < 1.29 is 4.79 Å². The fourth-order valence-corrected chi connectivity index (χ4v) is 2.07. The van der Waals surface area contributed by atoms with Crippen LogP contribution < -0.4 is 5.32 Å². The highest BCUT2D eigenvalue weighted by molar-refractivity contribution is 6.11. The van der Waals surface area contributed by atoms with E-state index < -0.39 is 0 Å². The standard InChI is InChI=1S/C15H13N3O/c1-10-4-2-7-13(17-10)18-15(19)12-6-3-5-11-8-9-16-14(11)12/h2-9,16H,1H3,(H,17,18,19). The van der Waals surface area contributed by atoms with Gasteiger partial charge in [0.25, 0.3) is 5.91 Å². The number of para-hydroxylation sites is 1. The van der Waals surface area contributed by atoms with Crippen molar-refractivity contribution in [3.05, 3.63) is 59.9 Å². The molecule has 0 spiro atoms. The zero-order valence-corrected chi connectivity index (χ0v) is 10.5. The van der Waals surface area contributed by atoms with Crippen LogP contribution in [0, 0.1) is 6.92 Å². The van der Waals surface area contributed by atoms with Crippen LogP contribution in [0.15, 0.2) is 48.7 Å².